The zero-order valence-electron chi connectivity index (χ0n) is 10.1. The third-order valence-corrected chi connectivity index (χ3v) is 3.26. The van der Waals surface area contributed by atoms with Gasteiger partial charge in [0.1, 0.15) is 0 Å². The van der Waals surface area contributed by atoms with Gasteiger partial charge in [0.25, 0.3) is 5.91 Å². The second-order valence-electron chi connectivity index (χ2n) is 4.64. The Balaban J connectivity index is 2.29. The van der Waals surface area contributed by atoms with Crippen LogP contribution in [0.1, 0.15) is 40.7 Å². The van der Waals surface area contributed by atoms with E-state index in [9.17, 15) is 18.0 Å². The summed E-state index contributed by atoms with van der Waals surface area (Å²) < 4.78 is 38.7. The van der Waals surface area contributed by atoms with Gasteiger partial charge in [-0.25, -0.2) is 0 Å². The maximum absolute atomic E-state index is 12.9. The van der Waals surface area contributed by atoms with Crippen molar-refractivity contribution in [1.82, 2.24) is 5.32 Å². The molecule has 0 radical (unpaired) electrons. The number of amides is 1. The summed E-state index contributed by atoms with van der Waals surface area (Å²) in [6.07, 6.45) is -2.01. The van der Waals surface area contributed by atoms with Crippen LogP contribution in [-0.2, 0) is 12.8 Å². The Morgan fingerprint density at radius 2 is 2.05 bits per heavy atom. The van der Waals surface area contributed by atoms with E-state index in [4.69, 9.17) is 5.11 Å². The van der Waals surface area contributed by atoms with Gasteiger partial charge in [0.2, 0.25) is 0 Å². The van der Waals surface area contributed by atoms with E-state index in [1.165, 1.54) is 6.07 Å². The lowest BCUT2D eigenvalue weighted by molar-refractivity contribution is -0.138. The first-order valence-electron chi connectivity index (χ1n) is 6.03. The minimum atomic E-state index is -4.61. The van der Waals surface area contributed by atoms with Crippen LogP contribution in [0.4, 0.5) is 13.2 Å². The number of hydrogen-bond acceptors (Lipinski definition) is 2. The predicted molar refractivity (Wildman–Crippen MR) is 62.5 cm³/mol. The molecule has 0 aliphatic heterocycles. The maximum atomic E-state index is 12.9. The average molecular weight is 273 g/mol. The fraction of sp³-hybridized carbons (Fsp3) is 0.462. The zero-order chi connectivity index (χ0) is 14.0. The summed E-state index contributed by atoms with van der Waals surface area (Å²) in [6, 6.07) is 3.23. The van der Waals surface area contributed by atoms with E-state index < -0.39 is 29.8 Å². The number of aliphatic hydroxyl groups excluding tert-OH is 1. The van der Waals surface area contributed by atoms with Crippen molar-refractivity contribution in [2.45, 2.75) is 38.1 Å². The van der Waals surface area contributed by atoms with E-state index in [2.05, 4.69) is 5.32 Å². The second-order valence-corrected chi connectivity index (χ2v) is 4.64. The summed E-state index contributed by atoms with van der Waals surface area (Å²) in [7, 11) is 0. The van der Waals surface area contributed by atoms with E-state index in [-0.39, 0.29) is 11.6 Å². The van der Waals surface area contributed by atoms with Gasteiger partial charge in [-0.2, -0.15) is 13.2 Å². The smallest absolute Gasteiger partial charge is 0.392 e. The summed E-state index contributed by atoms with van der Waals surface area (Å²) in [5, 5.41) is 11.5. The number of aliphatic hydroxyl groups is 1. The first kappa shape index (κ1) is 13.9. The van der Waals surface area contributed by atoms with E-state index in [1.54, 1.807) is 0 Å². The Labute approximate surface area is 108 Å². The van der Waals surface area contributed by atoms with Crippen LogP contribution in [0.25, 0.3) is 0 Å². The molecule has 1 aromatic carbocycles. The Hall–Kier alpha value is -1.56. The third-order valence-electron chi connectivity index (χ3n) is 3.26. The lowest BCUT2D eigenvalue weighted by Crippen LogP contribution is -2.40. The Bertz CT molecular complexity index is 481. The normalized spacial score (nSPS) is 16.0. The van der Waals surface area contributed by atoms with E-state index in [0.29, 0.717) is 0 Å². The zero-order valence-corrected chi connectivity index (χ0v) is 10.1. The lowest BCUT2D eigenvalue weighted by atomic mass is 9.92. The van der Waals surface area contributed by atoms with Gasteiger partial charge in [0.05, 0.1) is 17.7 Å². The van der Waals surface area contributed by atoms with Crippen molar-refractivity contribution in [2.24, 2.45) is 0 Å². The molecule has 19 heavy (non-hydrogen) atoms. The molecule has 6 heteroatoms. The van der Waals surface area contributed by atoms with Gasteiger partial charge in [-0.1, -0.05) is 6.07 Å². The number of carbonyl (C=O) groups excluding carboxylic acids is 1. The van der Waals surface area contributed by atoms with Gasteiger partial charge in [-0.15, -0.1) is 0 Å². The molecule has 1 aliphatic rings. The molecule has 104 valence electrons. The van der Waals surface area contributed by atoms with Crippen LogP contribution >= 0.6 is 0 Å². The summed E-state index contributed by atoms with van der Waals surface area (Å²) >= 11 is 0. The highest BCUT2D eigenvalue weighted by atomic mass is 19.4. The van der Waals surface area contributed by atoms with Crippen molar-refractivity contribution >= 4 is 5.91 Å². The maximum Gasteiger partial charge on any atom is 0.417 e. The van der Waals surface area contributed by atoms with E-state index in [0.717, 1.165) is 31.4 Å². The number of halogens is 3. The Morgan fingerprint density at radius 1 is 1.37 bits per heavy atom. The Kier molecular flexibility index (Phi) is 3.80. The summed E-state index contributed by atoms with van der Waals surface area (Å²) in [5.74, 6) is -0.707. The van der Waals surface area contributed by atoms with Crippen LogP contribution in [0.2, 0.25) is 0 Å². The molecule has 0 aromatic heterocycles. The number of benzene rings is 1. The van der Waals surface area contributed by atoms with Gasteiger partial charge in [0, 0.05) is 6.04 Å². The second kappa shape index (κ2) is 5.21. The SMILES string of the molecule is O=C(NC1CCC1)c1ccc(CO)cc1C(F)(F)F. The van der Waals surface area contributed by atoms with E-state index in [1.807, 2.05) is 0 Å². The number of carbonyl (C=O) groups is 1. The fourth-order valence-corrected chi connectivity index (χ4v) is 1.94. The molecule has 1 aromatic rings. The largest absolute Gasteiger partial charge is 0.417 e. The first-order chi connectivity index (χ1) is 8.91. The van der Waals surface area contributed by atoms with Crippen molar-refractivity contribution in [1.29, 1.82) is 0 Å². The molecule has 0 heterocycles. The van der Waals surface area contributed by atoms with Crippen molar-refractivity contribution in [2.75, 3.05) is 0 Å². The standard InChI is InChI=1S/C13H14F3NO2/c14-13(15,16)11-6-8(7-18)4-5-10(11)12(19)17-9-2-1-3-9/h4-6,9,18H,1-3,7H2,(H,17,19). The molecule has 1 aliphatic carbocycles. The van der Waals surface area contributed by atoms with Crippen LogP contribution in [-0.4, -0.2) is 17.1 Å². The molecular formula is C13H14F3NO2. The first-order valence-corrected chi connectivity index (χ1v) is 6.03. The molecule has 0 unspecified atom stereocenters. The van der Waals surface area contributed by atoms with Crippen LogP contribution in [0, 0.1) is 0 Å². The lowest BCUT2D eigenvalue weighted by Gasteiger charge is -2.27. The van der Waals surface area contributed by atoms with Crippen molar-refractivity contribution in [3.63, 3.8) is 0 Å². The molecule has 0 atom stereocenters. The molecule has 0 saturated heterocycles. The van der Waals surface area contributed by atoms with Gasteiger partial charge in [-0.3, -0.25) is 4.79 Å². The molecule has 2 rings (SSSR count). The summed E-state index contributed by atoms with van der Waals surface area (Å²) in [5.41, 5.74) is -1.26. The molecule has 3 nitrogen and oxygen atoms in total. The highest BCUT2D eigenvalue weighted by Gasteiger charge is 2.36. The van der Waals surface area contributed by atoms with Crippen LogP contribution in [0.3, 0.4) is 0 Å². The summed E-state index contributed by atoms with van der Waals surface area (Å²) in [4.78, 5) is 11.8. The van der Waals surface area contributed by atoms with Gasteiger partial charge >= 0.3 is 6.18 Å². The number of nitrogens with one attached hydrogen (secondary N) is 1. The van der Waals surface area contributed by atoms with Crippen LogP contribution in [0.15, 0.2) is 18.2 Å². The molecule has 0 bridgehead atoms. The topological polar surface area (TPSA) is 49.3 Å². The highest BCUT2D eigenvalue weighted by Crippen LogP contribution is 2.33. The quantitative estimate of drug-likeness (QED) is 0.889. The Morgan fingerprint density at radius 3 is 2.53 bits per heavy atom. The molecule has 1 fully saturated rings. The van der Waals surface area contributed by atoms with Crippen molar-refractivity contribution in [3.8, 4) is 0 Å². The predicted octanol–water partition coefficient (Wildman–Crippen LogP) is 2.48. The van der Waals surface area contributed by atoms with Crippen molar-refractivity contribution in [3.05, 3.63) is 34.9 Å². The molecule has 1 amide bonds. The van der Waals surface area contributed by atoms with Gasteiger partial charge < -0.3 is 10.4 Å². The fourth-order valence-electron chi connectivity index (χ4n) is 1.94. The third kappa shape index (κ3) is 3.07. The van der Waals surface area contributed by atoms with E-state index >= 15 is 0 Å². The summed E-state index contributed by atoms with van der Waals surface area (Å²) in [6.45, 7) is -0.492. The minimum absolute atomic E-state index is 0.0221. The van der Waals surface area contributed by atoms with Crippen molar-refractivity contribution < 1.29 is 23.1 Å². The molecule has 0 spiro atoms. The number of hydrogen-bond donors (Lipinski definition) is 2. The molecule has 1 saturated carbocycles. The van der Waals surface area contributed by atoms with Gasteiger partial charge in [-0.05, 0) is 37.0 Å². The number of alkyl halides is 3. The van der Waals surface area contributed by atoms with Gasteiger partial charge in [0.15, 0.2) is 0 Å². The van der Waals surface area contributed by atoms with Crippen LogP contribution in [0.5, 0.6) is 0 Å². The van der Waals surface area contributed by atoms with Crippen LogP contribution < -0.4 is 5.32 Å². The number of rotatable bonds is 3. The monoisotopic (exact) mass is 273 g/mol. The minimum Gasteiger partial charge on any atom is -0.392 e. The molecular weight excluding hydrogens is 259 g/mol. The highest BCUT2D eigenvalue weighted by molar-refractivity contribution is 5.96. The molecule has 2 N–H and O–H groups in total. The average Bonchev–Trinajstić information content (AvgIpc) is 2.31.